The van der Waals surface area contributed by atoms with Crippen LogP contribution in [-0.2, 0) is 4.79 Å². The van der Waals surface area contributed by atoms with Crippen molar-refractivity contribution < 1.29 is 31.1 Å². The summed E-state index contributed by atoms with van der Waals surface area (Å²) in [5.41, 5.74) is -0.716. The lowest BCUT2D eigenvalue weighted by Gasteiger charge is -2.33. The molecule has 9 heteroatoms. The molecule has 0 spiro atoms. The number of rotatable bonds is 4. The molecule has 0 fully saturated rings. The molecule has 0 rings (SSSR count). The fraction of sp³-hybridized carbons (Fsp3) is 0.909. The maximum atomic E-state index is 12.4. The van der Waals surface area contributed by atoms with Crippen LogP contribution in [0, 0.1) is 11.3 Å². The number of nitrogens with one attached hydrogen (secondary N) is 1. The molecule has 20 heavy (non-hydrogen) atoms. The van der Waals surface area contributed by atoms with Crippen LogP contribution >= 0.6 is 11.6 Å². The number of hydrogen-bond acceptors (Lipinski definition) is 1. The fourth-order valence-electron chi connectivity index (χ4n) is 1.57. The highest BCUT2D eigenvalue weighted by Crippen LogP contribution is 2.39. The lowest BCUT2D eigenvalue weighted by Crippen LogP contribution is -2.53. The minimum absolute atomic E-state index is 0.00488. The minimum atomic E-state index is -5.69. The third-order valence-corrected chi connectivity index (χ3v) is 2.89. The highest BCUT2D eigenvalue weighted by Gasteiger charge is 2.61. The van der Waals surface area contributed by atoms with Gasteiger partial charge in [0.1, 0.15) is 0 Å². The molecule has 0 bridgehead atoms. The second-order valence-electron chi connectivity index (χ2n) is 5.42. The van der Waals surface area contributed by atoms with Crippen molar-refractivity contribution in [3.05, 3.63) is 0 Å². The van der Waals surface area contributed by atoms with Crippen LogP contribution in [0.2, 0.25) is 0 Å². The normalized spacial score (nSPS) is 15.3. The Hall–Kier alpha value is -0.660. The van der Waals surface area contributed by atoms with E-state index in [-0.39, 0.29) is 12.3 Å². The van der Waals surface area contributed by atoms with Crippen molar-refractivity contribution in [3.8, 4) is 0 Å². The van der Waals surface area contributed by atoms with Gasteiger partial charge in [-0.1, -0.05) is 20.8 Å². The molecule has 0 heterocycles. The summed E-state index contributed by atoms with van der Waals surface area (Å²) in [5.74, 6) is -6.13. The molecule has 0 radical (unpaired) electrons. The topological polar surface area (TPSA) is 29.1 Å². The zero-order valence-electron chi connectivity index (χ0n) is 11.1. The summed E-state index contributed by atoms with van der Waals surface area (Å²) >= 11 is 5.45. The highest BCUT2D eigenvalue weighted by molar-refractivity contribution is 6.17. The van der Waals surface area contributed by atoms with Crippen LogP contribution in [0.5, 0.6) is 0 Å². The maximum Gasteiger partial charge on any atom is 0.409 e. The van der Waals surface area contributed by atoms with Crippen LogP contribution in [0.4, 0.5) is 26.3 Å². The summed E-state index contributed by atoms with van der Waals surface area (Å²) in [6, 6.07) is -0.889. The third-order valence-electron chi connectivity index (χ3n) is 2.68. The Balaban J connectivity index is 5.20. The number of alkyl halides is 7. The molecule has 0 saturated heterocycles. The van der Waals surface area contributed by atoms with E-state index in [0.717, 1.165) is 0 Å². The molecule has 1 amide bonds. The number of halogens is 7. The number of carbonyl (C=O) groups excluding carboxylic acids is 1. The van der Waals surface area contributed by atoms with Crippen LogP contribution in [0.3, 0.4) is 0 Å². The van der Waals surface area contributed by atoms with E-state index in [0.29, 0.717) is 0 Å². The van der Waals surface area contributed by atoms with Crippen LogP contribution in [-0.4, -0.2) is 30.2 Å². The van der Waals surface area contributed by atoms with E-state index >= 15 is 0 Å². The van der Waals surface area contributed by atoms with Gasteiger partial charge in [0, 0.05) is 11.9 Å². The van der Waals surface area contributed by atoms with Crippen LogP contribution < -0.4 is 5.32 Å². The summed E-state index contributed by atoms with van der Waals surface area (Å²) in [6.07, 6.45) is -11.3. The molecule has 0 aromatic rings. The van der Waals surface area contributed by atoms with Crippen molar-refractivity contribution in [1.29, 1.82) is 0 Å². The first-order chi connectivity index (χ1) is 8.71. The van der Waals surface area contributed by atoms with Crippen molar-refractivity contribution in [2.45, 2.75) is 45.6 Å². The van der Waals surface area contributed by atoms with Gasteiger partial charge in [-0.05, 0) is 11.8 Å². The molecule has 120 valence electrons. The van der Waals surface area contributed by atoms with Gasteiger partial charge < -0.3 is 5.32 Å². The first kappa shape index (κ1) is 19.3. The van der Waals surface area contributed by atoms with E-state index in [1.807, 2.05) is 5.32 Å². The van der Waals surface area contributed by atoms with Crippen molar-refractivity contribution in [2.75, 3.05) is 5.88 Å². The molecule has 0 saturated carbocycles. The van der Waals surface area contributed by atoms with Gasteiger partial charge in [-0.25, -0.2) is 0 Å². The Morgan fingerprint density at radius 3 is 1.70 bits per heavy atom. The molecule has 1 N–H and O–H groups in total. The van der Waals surface area contributed by atoms with Crippen LogP contribution in [0.1, 0.15) is 27.2 Å². The van der Waals surface area contributed by atoms with E-state index in [2.05, 4.69) is 0 Å². The predicted octanol–water partition coefficient (Wildman–Crippen LogP) is 3.89. The van der Waals surface area contributed by atoms with Crippen LogP contribution in [0.15, 0.2) is 0 Å². The molecule has 0 aromatic carbocycles. The molecule has 1 unspecified atom stereocenters. The Bertz CT molecular complexity index is 319. The van der Waals surface area contributed by atoms with Crippen molar-refractivity contribution in [3.63, 3.8) is 0 Å². The lowest BCUT2D eigenvalue weighted by molar-refractivity contribution is -0.274. The lowest BCUT2D eigenvalue weighted by atomic mass is 9.84. The van der Waals surface area contributed by atoms with E-state index in [1.165, 1.54) is 0 Å². The predicted molar refractivity (Wildman–Crippen MR) is 62.3 cm³/mol. The van der Waals surface area contributed by atoms with E-state index in [4.69, 9.17) is 11.6 Å². The molecule has 2 nitrogen and oxygen atoms in total. The summed E-state index contributed by atoms with van der Waals surface area (Å²) in [5, 5.41) is 1.81. The molecule has 0 aliphatic carbocycles. The van der Waals surface area contributed by atoms with Gasteiger partial charge in [-0.3, -0.25) is 4.79 Å². The Morgan fingerprint density at radius 2 is 1.45 bits per heavy atom. The standard InChI is InChI=1S/C11H16ClF6NO/c1-9(2,3)6(4-5-12)19-8(20)7(10(13,14)15)11(16,17)18/h6-7H,4-5H2,1-3H3,(H,19,20). The smallest absolute Gasteiger partial charge is 0.352 e. The first-order valence-corrected chi connectivity index (χ1v) is 6.24. The summed E-state index contributed by atoms with van der Waals surface area (Å²) < 4.78 is 74.4. The summed E-state index contributed by atoms with van der Waals surface area (Å²) in [4.78, 5) is 11.4. The van der Waals surface area contributed by atoms with Gasteiger partial charge in [0.25, 0.3) is 0 Å². The fourth-order valence-corrected chi connectivity index (χ4v) is 1.79. The molecular formula is C11H16ClF6NO. The highest BCUT2D eigenvalue weighted by atomic mass is 35.5. The third kappa shape index (κ3) is 5.76. The van der Waals surface area contributed by atoms with E-state index in [1.54, 1.807) is 20.8 Å². The number of hydrogen-bond donors (Lipinski definition) is 1. The van der Waals surface area contributed by atoms with E-state index < -0.39 is 35.6 Å². The van der Waals surface area contributed by atoms with Crippen molar-refractivity contribution in [2.24, 2.45) is 11.3 Å². The van der Waals surface area contributed by atoms with Gasteiger partial charge in [-0.15, -0.1) is 11.6 Å². The van der Waals surface area contributed by atoms with Gasteiger partial charge >= 0.3 is 12.4 Å². The molecular weight excluding hydrogens is 312 g/mol. The Kier molecular flexibility index (Phi) is 6.19. The number of carbonyl (C=O) groups is 1. The van der Waals surface area contributed by atoms with Gasteiger partial charge in [0.2, 0.25) is 11.8 Å². The van der Waals surface area contributed by atoms with Gasteiger partial charge in [0.15, 0.2) is 0 Å². The van der Waals surface area contributed by atoms with Crippen molar-refractivity contribution >= 4 is 17.5 Å². The molecule has 0 aliphatic rings. The van der Waals surface area contributed by atoms with Crippen molar-refractivity contribution in [1.82, 2.24) is 5.32 Å². The molecule has 0 aromatic heterocycles. The number of amides is 1. The Morgan fingerprint density at radius 1 is 1.05 bits per heavy atom. The maximum absolute atomic E-state index is 12.4. The first-order valence-electron chi connectivity index (χ1n) is 5.71. The zero-order chi connectivity index (χ0) is 16.4. The average molecular weight is 328 g/mol. The van der Waals surface area contributed by atoms with Crippen LogP contribution in [0.25, 0.3) is 0 Å². The minimum Gasteiger partial charge on any atom is -0.352 e. The molecule has 0 aliphatic heterocycles. The Labute approximate surface area is 117 Å². The van der Waals surface area contributed by atoms with Gasteiger partial charge in [0.05, 0.1) is 0 Å². The summed E-state index contributed by atoms with van der Waals surface area (Å²) in [6.45, 7) is 4.75. The average Bonchev–Trinajstić information content (AvgIpc) is 2.10. The largest absolute Gasteiger partial charge is 0.409 e. The summed E-state index contributed by atoms with van der Waals surface area (Å²) in [7, 11) is 0. The zero-order valence-corrected chi connectivity index (χ0v) is 11.9. The van der Waals surface area contributed by atoms with E-state index in [9.17, 15) is 31.1 Å². The second-order valence-corrected chi connectivity index (χ2v) is 5.80. The molecule has 1 atom stereocenters. The second kappa shape index (κ2) is 6.41. The van der Waals surface area contributed by atoms with Gasteiger partial charge in [-0.2, -0.15) is 26.3 Å². The SMILES string of the molecule is CC(C)(C)C(CCCl)NC(=O)C(C(F)(F)F)C(F)(F)F. The monoisotopic (exact) mass is 327 g/mol. The quantitative estimate of drug-likeness (QED) is 0.616.